The molecule has 1 heterocycles. The molecule has 13 heavy (non-hydrogen) atoms. The van der Waals surface area contributed by atoms with E-state index in [1.807, 2.05) is 24.3 Å². The number of benzene rings is 1. The Hall–Kier alpha value is -1.77. The molecular weight excluding hydrogens is 166 g/mol. The maximum Gasteiger partial charge on any atom is 0.216 e. The van der Waals surface area contributed by atoms with Crippen molar-refractivity contribution < 1.29 is 9.15 Å². The number of hydrogen-bond donors (Lipinski definition) is 1. The minimum Gasteiger partial charge on any atom is -0.481 e. The summed E-state index contributed by atoms with van der Waals surface area (Å²) in [4.78, 5) is 0. The van der Waals surface area contributed by atoms with Crippen LogP contribution in [0, 0.1) is 5.41 Å². The Balaban J connectivity index is 2.64. The fourth-order valence-corrected chi connectivity index (χ4v) is 1.26. The first-order valence-electron chi connectivity index (χ1n) is 3.92. The first-order valence-corrected chi connectivity index (χ1v) is 3.92. The van der Waals surface area contributed by atoms with Crippen molar-refractivity contribution in [2.45, 2.75) is 0 Å². The third kappa shape index (κ3) is 1.18. The predicted molar refractivity (Wildman–Crippen MR) is 50.1 cm³/mol. The van der Waals surface area contributed by atoms with E-state index in [1.54, 1.807) is 0 Å². The van der Waals surface area contributed by atoms with E-state index in [0.717, 1.165) is 11.0 Å². The molecule has 3 heteroatoms. The Morgan fingerprint density at radius 3 is 2.92 bits per heavy atom. The number of ether oxygens (including phenoxy) is 1. The van der Waals surface area contributed by atoms with Crippen LogP contribution in [0.15, 0.2) is 34.9 Å². The molecule has 0 amide bonds. The number of nitrogens with one attached hydrogen (secondary N) is 1. The van der Waals surface area contributed by atoms with Crippen molar-refractivity contribution in [3.63, 3.8) is 0 Å². The molecule has 0 bridgehead atoms. The second kappa shape index (κ2) is 2.94. The molecule has 66 valence electrons. The van der Waals surface area contributed by atoms with Crippen molar-refractivity contribution >= 4 is 16.9 Å². The second-order valence-electron chi connectivity index (χ2n) is 2.68. The lowest BCUT2D eigenvalue weighted by Crippen LogP contribution is -1.99. The zero-order chi connectivity index (χ0) is 9.26. The van der Waals surface area contributed by atoms with Gasteiger partial charge in [-0.2, -0.15) is 0 Å². The van der Waals surface area contributed by atoms with Gasteiger partial charge in [-0.1, -0.05) is 18.2 Å². The van der Waals surface area contributed by atoms with Gasteiger partial charge in [-0.25, -0.2) is 0 Å². The van der Waals surface area contributed by atoms with Gasteiger partial charge in [-0.15, -0.1) is 0 Å². The SMILES string of the molecule is COC(=N)c1coc2ccccc12. The van der Waals surface area contributed by atoms with E-state index in [-0.39, 0.29) is 5.90 Å². The number of fused-ring (bicyclic) bond motifs is 1. The molecule has 0 radical (unpaired) electrons. The van der Waals surface area contributed by atoms with Crippen LogP contribution in [0.25, 0.3) is 11.0 Å². The summed E-state index contributed by atoms with van der Waals surface area (Å²) in [5.74, 6) is 0.130. The monoisotopic (exact) mass is 175 g/mol. The minimum absolute atomic E-state index is 0.130. The van der Waals surface area contributed by atoms with E-state index in [2.05, 4.69) is 0 Å². The van der Waals surface area contributed by atoms with Gasteiger partial charge in [-0.3, -0.25) is 5.41 Å². The average Bonchev–Trinajstić information content (AvgIpc) is 2.60. The zero-order valence-electron chi connectivity index (χ0n) is 7.20. The Labute approximate surface area is 75.4 Å². The van der Waals surface area contributed by atoms with Crippen LogP contribution in [0.2, 0.25) is 0 Å². The van der Waals surface area contributed by atoms with Crippen LogP contribution in [0.3, 0.4) is 0 Å². The maximum absolute atomic E-state index is 7.49. The smallest absolute Gasteiger partial charge is 0.216 e. The summed E-state index contributed by atoms with van der Waals surface area (Å²) in [5, 5.41) is 8.41. The number of para-hydroxylation sites is 1. The van der Waals surface area contributed by atoms with E-state index in [9.17, 15) is 0 Å². The summed E-state index contributed by atoms with van der Waals surface area (Å²) in [7, 11) is 1.48. The van der Waals surface area contributed by atoms with Crippen LogP contribution in [0.4, 0.5) is 0 Å². The van der Waals surface area contributed by atoms with Gasteiger partial charge in [0.25, 0.3) is 0 Å². The molecule has 0 saturated heterocycles. The number of methoxy groups -OCH3 is 1. The lowest BCUT2D eigenvalue weighted by Gasteiger charge is -1.97. The highest BCUT2D eigenvalue weighted by atomic mass is 16.5. The molecule has 1 aromatic heterocycles. The molecule has 2 rings (SSSR count). The molecule has 2 aromatic rings. The Morgan fingerprint density at radius 1 is 1.38 bits per heavy atom. The third-order valence-corrected chi connectivity index (χ3v) is 1.93. The van der Waals surface area contributed by atoms with Crippen molar-refractivity contribution in [1.82, 2.24) is 0 Å². The van der Waals surface area contributed by atoms with E-state index >= 15 is 0 Å². The lowest BCUT2D eigenvalue weighted by atomic mass is 10.2. The van der Waals surface area contributed by atoms with E-state index in [1.165, 1.54) is 13.4 Å². The topological polar surface area (TPSA) is 46.2 Å². The van der Waals surface area contributed by atoms with Crippen molar-refractivity contribution in [2.24, 2.45) is 0 Å². The number of hydrogen-bond acceptors (Lipinski definition) is 3. The summed E-state index contributed by atoms with van der Waals surface area (Å²) >= 11 is 0. The molecule has 0 unspecified atom stereocenters. The summed E-state index contributed by atoms with van der Waals surface area (Å²) in [5.41, 5.74) is 1.47. The molecule has 0 fully saturated rings. The van der Waals surface area contributed by atoms with Gasteiger partial charge in [0.05, 0.1) is 12.7 Å². The Kier molecular flexibility index (Phi) is 1.77. The molecule has 0 saturated carbocycles. The second-order valence-corrected chi connectivity index (χ2v) is 2.68. The Bertz CT molecular complexity index is 445. The fourth-order valence-electron chi connectivity index (χ4n) is 1.26. The largest absolute Gasteiger partial charge is 0.481 e. The summed E-state index contributed by atoms with van der Waals surface area (Å²) in [6.45, 7) is 0. The van der Waals surface area contributed by atoms with Gasteiger partial charge >= 0.3 is 0 Å². The van der Waals surface area contributed by atoms with Gasteiger partial charge < -0.3 is 9.15 Å². The zero-order valence-corrected chi connectivity index (χ0v) is 7.20. The first kappa shape index (κ1) is 7.86. The number of furan rings is 1. The van der Waals surface area contributed by atoms with Crippen molar-refractivity contribution in [2.75, 3.05) is 7.11 Å². The third-order valence-electron chi connectivity index (χ3n) is 1.93. The van der Waals surface area contributed by atoms with Gasteiger partial charge in [-0.05, 0) is 6.07 Å². The minimum atomic E-state index is 0.130. The molecule has 0 spiro atoms. The van der Waals surface area contributed by atoms with Crippen molar-refractivity contribution in [3.8, 4) is 0 Å². The Morgan fingerprint density at radius 2 is 2.15 bits per heavy atom. The normalized spacial score (nSPS) is 10.2. The number of rotatable bonds is 1. The predicted octanol–water partition coefficient (Wildman–Crippen LogP) is 2.40. The highest BCUT2D eigenvalue weighted by Gasteiger charge is 2.09. The fraction of sp³-hybridized carbons (Fsp3) is 0.100. The van der Waals surface area contributed by atoms with Crippen LogP contribution in [0.1, 0.15) is 5.56 Å². The van der Waals surface area contributed by atoms with Crippen molar-refractivity contribution in [3.05, 3.63) is 36.1 Å². The van der Waals surface area contributed by atoms with Crippen LogP contribution in [-0.4, -0.2) is 13.0 Å². The summed E-state index contributed by atoms with van der Waals surface area (Å²) < 4.78 is 10.1. The van der Waals surface area contributed by atoms with Crippen LogP contribution < -0.4 is 0 Å². The summed E-state index contributed by atoms with van der Waals surface area (Å²) in [6.07, 6.45) is 1.54. The molecule has 0 aliphatic rings. The molecule has 0 aliphatic heterocycles. The maximum atomic E-state index is 7.49. The molecular formula is C10H9NO2. The van der Waals surface area contributed by atoms with E-state index < -0.39 is 0 Å². The van der Waals surface area contributed by atoms with Gasteiger partial charge in [0.2, 0.25) is 5.90 Å². The highest BCUT2D eigenvalue weighted by Crippen LogP contribution is 2.20. The van der Waals surface area contributed by atoms with Crippen molar-refractivity contribution in [1.29, 1.82) is 5.41 Å². The van der Waals surface area contributed by atoms with Gasteiger partial charge in [0.15, 0.2) is 0 Å². The molecule has 1 N–H and O–H groups in total. The average molecular weight is 175 g/mol. The van der Waals surface area contributed by atoms with Crippen LogP contribution >= 0.6 is 0 Å². The highest BCUT2D eigenvalue weighted by molar-refractivity contribution is 6.04. The van der Waals surface area contributed by atoms with E-state index in [4.69, 9.17) is 14.6 Å². The standard InChI is InChI=1S/C10H9NO2/c1-12-10(11)8-6-13-9-5-3-2-4-7(8)9/h2-6,11H,1H3. The quantitative estimate of drug-likeness (QED) is 0.534. The molecule has 1 aromatic carbocycles. The van der Waals surface area contributed by atoms with Gasteiger partial charge in [0.1, 0.15) is 11.8 Å². The van der Waals surface area contributed by atoms with Gasteiger partial charge in [0, 0.05) is 5.39 Å². The first-order chi connectivity index (χ1) is 6.33. The molecule has 3 nitrogen and oxygen atoms in total. The molecule has 0 aliphatic carbocycles. The van der Waals surface area contributed by atoms with Crippen LogP contribution in [0.5, 0.6) is 0 Å². The lowest BCUT2D eigenvalue weighted by molar-refractivity contribution is 0.401. The van der Waals surface area contributed by atoms with Crippen LogP contribution in [-0.2, 0) is 4.74 Å². The van der Waals surface area contributed by atoms with E-state index in [0.29, 0.717) is 5.56 Å². The molecule has 0 atom stereocenters. The summed E-state index contributed by atoms with van der Waals surface area (Å²) in [6, 6.07) is 7.57.